The molecule has 7 heteroatoms. The molecule has 0 aliphatic carbocycles. The van der Waals surface area contributed by atoms with Crippen LogP contribution in [0.25, 0.3) is 83.4 Å². The molecule has 254 valence electrons. The number of nitrogens with zero attached hydrogens (tertiary/aromatic N) is 4. The molecule has 3 heterocycles. The third-order valence-corrected chi connectivity index (χ3v) is 9.48. The summed E-state index contributed by atoms with van der Waals surface area (Å²) in [5.74, 6) is -0.348. The van der Waals surface area contributed by atoms with Crippen molar-refractivity contribution in [1.82, 2.24) is 19.5 Å². The SMILES string of the molecule is Cc1cc(C)cc(-c2cc(C(=O)O)nc(-c3cccc4c3nc(-c3cccc5c3[n-]c3ccccc35)n4-c3cccc(-c4ccccc4)c3)c2)c1.[Pt]. The summed E-state index contributed by atoms with van der Waals surface area (Å²) in [6.45, 7) is 4.09. The summed E-state index contributed by atoms with van der Waals surface area (Å²) in [5.41, 5.74) is 12.6. The largest absolute Gasteiger partial charge is 0.656 e. The second-order valence-corrected chi connectivity index (χ2v) is 13.0. The average Bonchev–Trinajstić information content (AvgIpc) is 3.74. The number of carbonyl (C=O) groups is 1. The Hall–Kier alpha value is -6.10. The van der Waals surface area contributed by atoms with E-state index in [-0.39, 0.29) is 26.8 Å². The van der Waals surface area contributed by atoms with Gasteiger partial charge >= 0.3 is 5.97 Å². The van der Waals surface area contributed by atoms with Crippen molar-refractivity contribution in [1.29, 1.82) is 0 Å². The molecule has 0 aliphatic rings. The fourth-order valence-corrected chi connectivity index (χ4v) is 7.27. The molecule has 9 aromatic rings. The normalized spacial score (nSPS) is 11.3. The van der Waals surface area contributed by atoms with Gasteiger partial charge in [-0.1, -0.05) is 126 Å². The predicted octanol–water partition coefficient (Wildman–Crippen LogP) is 10.7. The van der Waals surface area contributed by atoms with E-state index >= 15 is 0 Å². The number of aromatic nitrogens is 4. The topological polar surface area (TPSA) is 82.1 Å². The average molecular weight is 855 g/mol. The summed E-state index contributed by atoms with van der Waals surface area (Å²) < 4.78 is 2.19. The van der Waals surface area contributed by atoms with Crippen LogP contribution < -0.4 is 4.98 Å². The van der Waals surface area contributed by atoms with Gasteiger partial charge in [-0.05, 0) is 77.2 Å². The molecule has 0 amide bonds. The van der Waals surface area contributed by atoms with Gasteiger partial charge in [0.1, 0.15) is 11.5 Å². The Morgan fingerprint density at radius 3 is 2.10 bits per heavy atom. The second kappa shape index (κ2) is 13.2. The maximum Gasteiger partial charge on any atom is 0.354 e. The van der Waals surface area contributed by atoms with Crippen LogP contribution in [-0.4, -0.2) is 25.6 Å². The van der Waals surface area contributed by atoms with E-state index in [1.54, 1.807) is 6.07 Å². The van der Waals surface area contributed by atoms with E-state index in [9.17, 15) is 9.90 Å². The minimum Gasteiger partial charge on any atom is -0.656 e. The van der Waals surface area contributed by atoms with Gasteiger partial charge in [0.05, 0.1) is 16.7 Å². The smallest absolute Gasteiger partial charge is 0.354 e. The van der Waals surface area contributed by atoms with Crippen molar-refractivity contribution >= 4 is 38.8 Å². The van der Waals surface area contributed by atoms with Gasteiger partial charge in [0.2, 0.25) is 0 Å². The summed E-state index contributed by atoms with van der Waals surface area (Å²) in [6.07, 6.45) is 0. The summed E-state index contributed by atoms with van der Waals surface area (Å²) in [4.78, 5) is 27.6. The third-order valence-electron chi connectivity index (χ3n) is 9.48. The fraction of sp³-hybridized carbons (Fsp3) is 0.0444. The third kappa shape index (κ3) is 5.71. The molecule has 1 N–H and O–H groups in total. The van der Waals surface area contributed by atoms with Crippen molar-refractivity contribution in [2.24, 2.45) is 0 Å². The zero-order valence-corrected chi connectivity index (χ0v) is 30.6. The maximum absolute atomic E-state index is 12.5. The number of pyridine rings is 1. The number of aromatic carboxylic acids is 1. The van der Waals surface area contributed by atoms with Crippen LogP contribution in [0.4, 0.5) is 0 Å². The van der Waals surface area contributed by atoms with Crippen molar-refractivity contribution in [3.8, 4) is 50.6 Å². The van der Waals surface area contributed by atoms with Crippen LogP contribution >= 0.6 is 0 Å². The molecule has 0 unspecified atom stereocenters. The Labute approximate surface area is 314 Å². The van der Waals surface area contributed by atoms with Crippen LogP contribution in [-0.2, 0) is 21.1 Å². The Bertz CT molecular complexity index is 2800. The molecule has 52 heavy (non-hydrogen) atoms. The van der Waals surface area contributed by atoms with Gasteiger partial charge in [0.25, 0.3) is 0 Å². The molecule has 0 saturated heterocycles. The number of rotatable bonds is 6. The van der Waals surface area contributed by atoms with Crippen LogP contribution in [0, 0.1) is 13.8 Å². The molecule has 0 atom stereocenters. The molecule has 6 aromatic carbocycles. The molecule has 9 rings (SSSR count). The van der Waals surface area contributed by atoms with Crippen molar-refractivity contribution in [2.75, 3.05) is 0 Å². The summed E-state index contributed by atoms with van der Waals surface area (Å²) in [6, 6.07) is 49.1. The Balaban J connectivity index is 0.00000387. The first-order chi connectivity index (χ1) is 24.9. The molecular weight excluding hydrogens is 824 g/mol. The number of carboxylic acids is 1. The Kier molecular flexibility index (Phi) is 8.41. The number of fused-ring (bicyclic) bond motifs is 4. The van der Waals surface area contributed by atoms with Gasteiger partial charge in [-0.2, -0.15) is 0 Å². The van der Waals surface area contributed by atoms with Gasteiger partial charge in [-0.25, -0.2) is 14.8 Å². The van der Waals surface area contributed by atoms with E-state index in [2.05, 4.69) is 94.5 Å². The van der Waals surface area contributed by atoms with Crippen molar-refractivity contribution in [3.05, 3.63) is 162 Å². The first-order valence-corrected chi connectivity index (χ1v) is 16.9. The Morgan fingerprint density at radius 2 is 1.29 bits per heavy atom. The first kappa shape index (κ1) is 33.1. The molecule has 0 saturated carbocycles. The van der Waals surface area contributed by atoms with Crippen LogP contribution in [0.3, 0.4) is 0 Å². The number of carboxylic acid groups (broad SMARTS) is 1. The first-order valence-electron chi connectivity index (χ1n) is 16.9. The summed E-state index contributed by atoms with van der Waals surface area (Å²) >= 11 is 0. The monoisotopic (exact) mass is 854 g/mol. The molecule has 6 nitrogen and oxygen atoms in total. The number of para-hydroxylation sites is 3. The van der Waals surface area contributed by atoms with E-state index in [0.717, 1.165) is 83.3 Å². The summed E-state index contributed by atoms with van der Waals surface area (Å²) in [7, 11) is 0. The summed E-state index contributed by atoms with van der Waals surface area (Å²) in [5, 5.41) is 12.3. The van der Waals surface area contributed by atoms with Crippen LogP contribution in [0.5, 0.6) is 0 Å². The molecule has 0 fully saturated rings. The van der Waals surface area contributed by atoms with Gasteiger partial charge < -0.3 is 10.1 Å². The molecule has 0 spiro atoms. The molecule has 3 aromatic heterocycles. The number of imidazole rings is 1. The minimum absolute atomic E-state index is 0. The van der Waals surface area contributed by atoms with E-state index < -0.39 is 5.97 Å². The van der Waals surface area contributed by atoms with Gasteiger partial charge in [-0.15, -0.1) is 11.0 Å². The van der Waals surface area contributed by atoms with Gasteiger partial charge in [0.15, 0.2) is 0 Å². The Morgan fingerprint density at radius 1 is 0.615 bits per heavy atom. The van der Waals surface area contributed by atoms with Gasteiger partial charge in [-0.3, -0.25) is 4.57 Å². The minimum atomic E-state index is -1.08. The maximum atomic E-state index is 12.5. The van der Waals surface area contributed by atoms with Crippen LogP contribution in [0.2, 0.25) is 0 Å². The quantitative estimate of drug-likeness (QED) is 0.180. The van der Waals surface area contributed by atoms with E-state index in [1.165, 1.54) is 0 Å². The van der Waals surface area contributed by atoms with Crippen molar-refractivity contribution < 1.29 is 31.0 Å². The standard InChI is InChI=1S/C45H32N4O2.Pt/c1-27-21-28(2)23-31(22-27)32-25-39(46-40(26-32)45(50)51)36-17-10-20-41-43(36)48-44(37-18-9-16-35-34-15-6-7-19-38(34)47-42(35)37)49(41)33-14-8-13-30(24-33)29-11-4-3-5-12-29;/h3-26H,1-2H3,(H2,46,47,48,50,51);/p-1. The van der Waals surface area contributed by atoms with Crippen molar-refractivity contribution in [3.63, 3.8) is 0 Å². The van der Waals surface area contributed by atoms with Crippen LogP contribution in [0.1, 0.15) is 21.6 Å². The molecule has 0 radical (unpaired) electrons. The number of benzene rings is 6. The van der Waals surface area contributed by atoms with Gasteiger partial charge in [0, 0.05) is 37.9 Å². The second-order valence-electron chi connectivity index (χ2n) is 13.0. The van der Waals surface area contributed by atoms with E-state index in [1.807, 2.05) is 68.4 Å². The predicted molar refractivity (Wildman–Crippen MR) is 205 cm³/mol. The molecular formula is C45H31N4O2Pt-. The van der Waals surface area contributed by atoms with E-state index in [4.69, 9.17) is 9.97 Å². The van der Waals surface area contributed by atoms with Crippen molar-refractivity contribution in [2.45, 2.75) is 13.8 Å². The zero-order chi connectivity index (χ0) is 34.6. The number of hydrogen-bond donors (Lipinski definition) is 1. The zero-order valence-electron chi connectivity index (χ0n) is 28.3. The molecule has 0 bridgehead atoms. The van der Waals surface area contributed by atoms with E-state index in [0.29, 0.717) is 11.2 Å². The number of hydrogen-bond acceptors (Lipinski definition) is 3. The van der Waals surface area contributed by atoms with Crippen LogP contribution in [0.15, 0.2) is 146 Å². The number of aryl methyl sites for hydroxylation is 2. The molecule has 0 aliphatic heterocycles. The fourth-order valence-electron chi connectivity index (χ4n) is 7.27.